The van der Waals surface area contributed by atoms with E-state index < -0.39 is 10.9 Å². The van der Waals surface area contributed by atoms with Crippen molar-refractivity contribution in [3.63, 3.8) is 0 Å². The number of amides is 1. The molecule has 2 aliphatic heterocycles. The van der Waals surface area contributed by atoms with Crippen LogP contribution in [0, 0.1) is 10.1 Å². The first-order valence-corrected chi connectivity index (χ1v) is 9.95. The molecule has 1 aromatic carbocycles. The molecule has 142 valence electrons. The van der Waals surface area contributed by atoms with Crippen LogP contribution in [0.3, 0.4) is 0 Å². The lowest BCUT2D eigenvalue weighted by atomic mass is 10.2. The molecule has 0 spiro atoms. The van der Waals surface area contributed by atoms with E-state index >= 15 is 0 Å². The van der Waals surface area contributed by atoms with Gasteiger partial charge in [-0.1, -0.05) is 29.6 Å². The number of nitro benzene ring substituents is 1. The number of esters is 1. The van der Waals surface area contributed by atoms with Crippen molar-refractivity contribution in [1.82, 2.24) is 9.88 Å². The van der Waals surface area contributed by atoms with Crippen molar-refractivity contribution in [2.24, 2.45) is 0 Å². The second-order valence-electron chi connectivity index (χ2n) is 5.95. The van der Waals surface area contributed by atoms with Crippen molar-refractivity contribution in [2.45, 2.75) is 23.4 Å². The van der Waals surface area contributed by atoms with Crippen LogP contribution in [0.4, 0.5) is 5.69 Å². The van der Waals surface area contributed by atoms with Crippen molar-refractivity contribution in [3.05, 3.63) is 74.3 Å². The van der Waals surface area contributed by atoms with E-state index in [9.17, 15) is 19.7 Å². The fourth-order valence-corrected chi connectivity index (χ4v) is 5.32. The molecule has 1 fully saturated rings. The highest BCUT2D eigenvalue weighted by Crippen LogP contribution is 2.52. The van der Waals surface area contributed by atoms with E-state index in [0.29, 0.717) is 16.2 Å². The highest BCUT2D eigenvalue weighted by Gasteiger charge is 2.49. The lowest BCUT2D eigenvalue weighted by molar-refractivity contribution is -0.384. The molecule has 2 aromatic rings. The molecule has 1 atom stereocenters. The minimum atomic E-state index is -0.597. The zero-order chi connectivity index (χ0) is 19.7. The Bertz CT molecular complexity index is 978. The largest absolute Gasteiger partial charge is 0.456 e. The molecule has 1 aromatic heterocycles. The number of benzene rings is 1. The van der Waals surface area contributed by atoms with Crippen LogP contribution >= 0.6 is 23.5 Å². The Morgan fingerprint density at radius 2 is 2.11 bits per heavy atom. The zero-order valence-corrected chi connectivity index (χ0v) is 15.9. The first-order chi connectivity index (χ1) is 13.5. The molecule has 28 heavy (non-hydrogen) atoms. The number of nitrogens with zero attached hydrogens (tertiary/aromatic N) is 3. The number of aromatic nitrogens is 1. The molecule has 1 saturated heterocycles. The van der Waals surface area contributed by atoms with Crippen molar-refractivity contribution in [2.75, 3.05) is 0 Å². The number of hydrogen-bond acceptors (Lipinski definition) is 8. The van der Waals surface area contributed by atoms with Gasteiger partial charge in [-0.3, -0.25) is 19.8 Å². The van der Waals surface area contributed by atoms with Gasteiger partial charge in [-0.05, 0) is 29.8 Å². The van der Waals surface area contributed by atoms with E-state index in [1.165, 1.54) is 52.7 Å². The number of thioether (sulfide) groups is 2. The summed E-state index contributed by atoms with van der Waals surface area (Å²) < 4.78 is 6.06. The van der Waals surface area contributed by atoms with Crippen LogP contribution < -0.4 is 0 Å². The average molecular weight is 415 g/mol. The van der Waals surface area contributed by atoms with Gasteiger partial charge in [0, 0.05) is 18.3 Å². The van der Waals surface area contributed by atoms with Crippen LogP contribution in [-0.2, 0) is 20.9 Å². The molecule has 0 bridgehead atoms. The zero-order valence-electron chi connectivity index (χ0n) is 14.3. The lowest BCUT2D eigenvalue weighted by Crippen LogP contribution is -2.48. The highest BCUT2D eigenvalue weighted by atomic mass is 32.2. The smallest absolute Gasteiger partial charge is 0.357 e. The molecule has 8 nitrogen and oxygen atoms in total. The number of non-ortho nitro benzene ring substituents is 1. The Balaban J connectivity index is 1.50. The number of carbonyl (C=O) groups excluding carboxylic acids is 2. The van der Waals surface area contributed by atoms with E-state index in [0.717, 1.165) is 5.03 Å². The molecule has 3 heterocycles. The normalized spacial score (nSPS) is 17.9. The topological polar surface area (TPSA) is 103 Å². The number of nitro groups is 1. The summed E-state index contributed by atoms with van der Waals surface area (Å²) in [5.74, 6) is -0.712. The van der Waals surface area contributed by atoms with Gasteiger partial charge in [-0.15, -0.1) is 0 Å². The maximum atomic E-state index is 12.7. The second kappa shape index (κ2) is 7.64. The second-order valence-corrected chi connectivity index (χ2v) is 8.42. The summed E-state index contributed by atoms with van der Waals surface area (Å²) in [4.78, 5) is 40.6. The first kappa shape index (κ1) is 18.5. The number of fused-ring (bicyclic) bond motifs is 1. The summed E-state index contributed by atoms with van der Waals surface area (Å²) in [6, 6.07) is 11.2. The molecule has 0 unspecified atom stereocenters. The third-order valence-electron chi connectivity index (χ3n) is 4.13. The Morgan fingerprint density at radius 1 is 1.32 bits per heavy atom. The number of rotatable bonds is 6. The van der Waals surface area contributed by atoms with Crippen LogP contribution in [-0.4, -0.2) is 32.1 Å². The van der Waals surface area contributed by atoms with Gasteiger partial charge in [0.05, 0.1) is 21.0 Å². The number of pyridine rings is 1. The van der Waals surface area contributed by atoms with Gasteiger partial charge in [-0.2, -0.15) is 0 Å². The van der Waals surface area contributed by atoms with Crippen molar-refractivity contribution >= 4 is 41.1 Å². The molecule has 0 radical (unpaired) electrons. The van der Waals surface area contributed by atoms with E-state index in [-0.39, 0.29) is 29.3 Å². The molecular weight excluding hydrogens is 402 g/mol. The summed E-state index contributed by atoms with van der Waals surface area (Å²) in [7, 11) is 0. The predicted octanol–water partition coefficient (Wildman–Crippen LogP) is 3.30. The first-order valence-electron chi connectivity index (χ1n) is 8.25. The minimum Gasteiger partial charge on any atom is -0.456 e. The van der Waals surface area contributed by atoms with Gasteiger partial charge in [0.25, 0.3) is 5.69 Å². The SMILES string of the molecule is O=C(OCc1ccc([N+](=O)[O-])cc1)C1=C(Sc2ccccn2)S[C@H]2CC(=O)N12. The monoisotopic (exact) mass is 415 g/mol. The van der Waals surface area contributed by atoms with E-state index in [2.05, 4.69) is 4.98 Å². The molecule has 2 aliphatic rings. The molecule has 10 heteroatoms. The summed E-state index contributed by atoms with van der Waals surface area (Å²) >= 11 is 2.78. The summed E-state index contributed by atoms with van der Waals surface area (Å²) in [6.07, 6.45) is 2.05. The van der Waals surface area contributed by atoms with Crippen LogP contribution in [0.15, 0.2) is 63.6 Å². The van der Waals surface area contributed by atoms with Gasteiger partial charge >= 0.3 is 5.97 Å². The maximum Gasteiger partial charge on any atom is 0.357 e. The average Bonchev–Trinajstić information content (AvgIpc) is 2.99. The number of β-lactam (4-membered cyclic amide) rings is 1. The Morgan fingerprint density at radius 3 is 2.75 bits per heavy atom. The fraction of sp³-hybridized carbons (Fsp3) is 0.167. The number of carbonyl (C=O) groups is 2. The summed E-state index contributed by atoms with van der Waals surface area (Å²) in [5, 5.41) is 11.3. The Hall–Kier alpha value is -2.85. The molecule has 4 rings (SSSR count). The van der Waals surface area contributed by atoms with Crippen LogP contribution in [0.5, 0.6) is 0 Å². The van der Waals surface area contributed by atoms with Crippen LogP contribution in [0.1, 0.15) is 12.0 Å². The van der Waals surface area contributed by atoms with E-state index in [4.69, 9.17) is 4.74 Å². The van der Waals surface area contributed by atoms with Gasteiger partial charge in [0.2, 0.25) is 5.91 Å². The number of ether oxygens (including phenoxy) is 1. The van der Waals surface area contributed by atoms with Crippen molar-refractivity contribution in [1.29, 1.82) is 0 Å². The summed E-state index contributed by atoms with van der Waals surface area (Å²) in [5.41, 5.74) is 0.826. The van der Waals surface area contributed by atoms with Crippen molar-refractivity contribution < 1.29 is 19.2 Å². The van der Waals surface area contributed by atoms with Gasteiger partial charge in [0.1, 0.15) is 11.6 Å². The molecular formula is C18H13N3O5S2. The van der Waals surface area contributed by atoms with Crippen LogP contribution in [0.25, 0.3) is 0 Å². The molecule has 0 N–H and O–H groups in total. The Labute approximate surface area is 168 Å². The van der Waals surface area contributed by atoms with Crippen molar-refractivity contribution in [3.8, 4) is 0 Å². The quantitative estimate of drug-likeness (QED) is 0.306. The van der Waals surface area contributed by atoms with E-state index in [1.807, 2.05) is 12.1 Å². The van der Waals surface area contributed by atoms with Gasteiger partial charge in [-0.25, -0.2) is 9.78 Å². The third kappa shape index (κ3) is 3.60. The third-order valence-corrected chi connectivity index (χ3v) is 6.55. The van der Waals surface area contributed by atoms with E-state index in [1.54, 1.807) is 12.3 Å². The molecule has 1 amide bonds. The minimum absolute atomic E-state index is 0.0342. The molecule has 0 aliphatic carbocycles. The fourth-order valence-electron chi connectivity index (χ4n) is 2.72. The van der Waals surface area contributed by atoms with Gasteiger partial charge in [0.15, 0.2) is 5.70 Å². The van der Waals surface area contributed by atoms with Gasteiger partial charge < -0.3 is 4.74 Å². The standard InChI is InChI=1S/C18H13N3O5S2/c22-14-9-15-20(14)16(18(28-15)27-13-3-1-2-8-19-13)17(23)26-10-11-4-6-12(7-5-11)21(24)25/h1-8,15H,9-10H2/t15-/m0/s1. The highest BCUT2D eigenvalue weighted by molar-refractivity contribution is 8.22. The summed E-state index contributed by atoms with van der Waals surface area (Å²) in [6.45, 7) is -0.0424. The maximum absolute atomic E-state index is 12.7. The lowest BCUT2D eigenvalue weighted by Gasteiger charge is -2.34. The molecule has 0 saturated carbocycles. The predicted molar refractivity (Wildman–Crippen MR) is 103 cm³/mol. The Kier molecular flexibility index (Phi) is 5.05. The van der Waals surface area contributed by atoms with Crippen LogP contribution in [0.2, 0.25) is 0 Å². The number of hydrogen-bond donors (Lipinski definition) is 0.